The number of aromatic nitrogens is 3. The first kappa shape index (κ1) is 28.0. The molecule has 11 aromatic rings. The molecule has 51 heavy (non-hydrogen) atoms. The van der Waals surface area contributed by atoms with Crippen LogP contribution in [0.25, 0.3) is 93.6 Å². The molecule has 0 N–H and O–H groups in total. The van der Waals surface area contributed by atoms with Gasteiger partial charge >= 0.3 is 0 Å². The van der Waals surface area contributed by atoms with Crippen LogP contribution >= 0.6 is 0 Å². The Morgan fingerprint density at radius 3 is 1.35 bits per heavy atom. The molecule has 0 atom stereocenters. The molecule has 0 spiro atoms. The number of fused-ring (bicyclic) bond motifs is 10. The van der Waals surface area contributed by atoms with Crippen molar-refractivity contribution in [1.29, 1.82) is 0 Å². The maximum Gasteiger partial charge on any atom is 0.0562 e. The summed E-state index contributed by atoms with van der Waals surface area (Å²) in [7, 11) is 0. The molecule has 3 heteroatoms. The van der Waals surface area contributed by atoms with E-state index in [-0.39, 0.29) is 0 Å². The highest BCUT2D eigenvalue weighted by molar-refractivity contribution is 6.29. The fourth-order valence-corrected chi connectivity index (χ4v) is 8.48. The van der Waals surface area contributed by atoms with Crippen LogP contribution in [0.1, 0.15) is 0 Å². The quantitative estimate of drug-likeness (QED) is 0.180. The molecule has 238 valence electrons. The van der Waals surface area contributed by atoms with Crippen LogP contribution < -0.4 is 0 Å². The Bertz CT molecular complexity index is 3070. The minimum Gasteiger partial charge on any atom is -0.309 e. The Labute approximate surface area is 294 Å². The van der Waals surface area contributed by atoms with Gasteiger partial charge in [-0.1, -0.05) is 121 Å². The number of hydrogen-bond donors (Lipinski definition) is 0. The molecule has 0 amide bonds. The van der Waals surface area contributed by atoms with E-state index in [1.54, 1.807) is 0 Å². The molecule has 0 aliphatic rings. The Kier molecular flexibility index (Phi) is 5.96. The first-order valence-electron chi connectivity index (χ1n) is 17.5. The number of benzene rings is 8. The third kappa shape index (κ3) is 4.06. The van der Waals surface area contributed by atoms with Crippen LogP contribution in [-0.4, -0.2) is 13.7 Å². The summed E-state index contributed by atoms with van der Waals surface area (Å²) in [5.41, 5.74) is 13.1. The SMILES string of the molecule is c1ccc(-c2cccc(-n3c4cc(-n5c6ccccc6c6ccccc65)ccc4c4c5c6ccccc6n(-c6ccccc6)c5ccc43)c2)cc1. The van der Waals surface area contributed by atoms with Crippen molar-refractivity contribution in [2.24, 2.45) is 0 Å². The van der Waals surface area contributed by atoms with E-state index in [4.69, 9.17) is 0 Å². The summed E-state index contributed by atoms with van der Waals surface area (Å²) in [6, 6.07) is 68.4. The Morgan fingerprint density at radius 1 is 0.235 bits per heavy atom. The van der Waals surface area contributed by atoms with Gasteiger partial charge in [-0.15, -0.1) is 0 Å². The molecule has 0 aliphatic carbocycles. The molecule has 0 radical (unpaired) electrons. The van der Waals surface area contributed by atoms with Gasteiger partial charge in [0, 0.05) is 49.4 Å². The van der Waals surface area contributed by atoms with Gasteiger partial charge < -0.3 is 13.7 Å². The fraction of sp³-hybridized carbons (Fsp3) is 0. The first-order chi connectivity index (χ1) is 25.3. The van der Waals surface area contributed by atoms with Crippen molar-refractivity contribution in [3.05, 3.63) is 188 Å². The van der Waals surface area contributed by atoms with Gasteiger partial charge in [0.25, 0.3) is 0 Å². The first-order valence-corrected chi connectivity index (χ1v) is 17.5. The van der Waals surface area contributed by atoms with Gasteiger partial charge in [-0.2, -0.15) is 0 Å². The predicted octanol–water partition coefficient (Wildman–Crippen LogP) is 12.6. The second kappa shape index (κ2) is 10.8. The number of hydrogen-bond acceptors (Lipinski definition) is 0. The van der Waals surface area contributed by atoms with E-state index in [0.717, 1.165) is 17.1 Å². The average Bonchev–Trinajstić information content (AvgIpc) is 3.84. The molecule has 8 aromatic carbocycles. The van der Waals surface area contributed by atoms with Crippen LogP contribution in [0.3, 0.4) is 0 Å². The Morgan fingerprint density at radius 2 is 0.686 bits per heavy atom. The van der Waals surface area contributed by atoms with Crippen molar-refractivity contribution in [1.82, 2.24) is 13.7 Å². The van der Waals surface area contributed by atoms with Crippen molar-refractivity contribution in [2.75, 3.05) is 0 Å². The van der Waals surface area contributed by atoms with Crippen molar-refractivity contribution in [3.63, 3.8) is 0 Å². The third-order valence-corrected chi connectivity index (χ3v) is 10.6. The van der Waals surface area contributed by atoms with Crippen molar-refractivity contribution < 1.29 is 0 Å². The Balaban J connectivity index is 1.28. The number of nitrogens with zero attached hydrogens (tertiary/aromatic N) is 3. The number of rotatable bonds is 4. The molecule has 0 aliphatic heterocycles. The monoisotopic (exact) mass is 649 g/mol. The van der Waals surface area contributed by atoms with Crippen LogP contribution in [-0.2, 0) is 0 Å². The van der Waals surface area contributed by atoms with Gasteiger partial charge in [0.2, 0.25) is 0 Å². The lowest BCUT2D eigenvalue weighted by Gasteiger charge is -2.12. The maximum atomic E-state index is 2.47. The van der Waals surface area contributed by atoms with Crippen molar-refractivity contribution in [3.8, 4) is 28.2 Å². The molecule has 11 rings (SSSR count). The topological polar surface area (TPSA) is 14.8 Å². The van der Waals surface area contributed by atoms with E-state index in [1.165, 1.54) is 76.5 Å². The second-order valence-corrected chi connectivity index (χ2v) is 13.4. The zero-order valence-electron chi connectivity index (χ0n) is 27.7. The van der Waals surface area contributed by atoms with Crippen LogP contribution in [0.15, 0.2) is 188 Å². The summed E-state index contributed by atoms with van der Waals surface area (Å²) < 4.78 is 7.31. The van der Waals surface area contributed by atoms with E-state index in [0.29, 0.717) is 0 Å². The van der Waals surface area contributed by atoms with E-state index in [2.05, 4.69) is 202 Å². The molecule has 3 nitrogen and oxygen atoms in total. The summed E-state index contributed by atoms with van der Waals surface area (Å²) in [5.74, 6) is 0. The highest BCUT2D eigenvalue weighted by Crippen LogP contribution is 2.43. The summed E-state index contributed by atoms with van der Waals surface area (Å²) in [6.07, 6.45) is 0. The molecular weight excluding hydrogens is 619 g/mol. The lowest BCUT2D eigenvalue weighted by Crippen LogP contribution is -1.97. The van der Waals surface area contributed by atoms with E-state index < -0.39 is 0 Å². The smallest absolute Gasteiger partial charge is 0.0562 e. The number of para-hydroxylation sites is 4. The van der Waals surface area contributed by atoms with Crippen LogP contribution in [0, 0.1) is 0 Å². The average molecular weight is 650 g/mol. The third-order valence-electron chi connectivity index (χ3n) is 10.6. The van der Waals surface area contributed by atoms with E-state index >= 15 is 0 Å². The summed E-state index contributed by atoms with van der Waals surface area (Å²) >= 11 is 0. The van der Waals surface area contributed by atoms with Crippen molar-refractivity contribution >= 4 is 65.4 Å². The van der Waals surface area contributed by atoms with Gasteiger partial charge in [0.05, 0.1) is 33.1 Å². The van der Waals surface area contributed by atoms with Crippen LogP contribution in [0.2, 0.25) is 0 Å². The van der Waals surface area contributed by atoms with Crippen LogP contribution in [0.4, 0.5) is 0 Å². The zero-order chi connectivity index (χ0) is 33.5. The standard InChI is InChI=1S/C48H31N3/c1-3-14-32(15-4-1)33-16-13-19-35(30-33)51-45-29-28-44-47(39-22-9-12-25-43(39)49(44)34-17-5-2-6-18-34)48(45)40-27-26-36(31-46(40)51)50-41-23-10-7-20-37(41)38-21-8-11-24-42(38)50/h1-31H. The maximum absolute atomic E-state index is 2.47. The molecule has 3 heterocycles. The predicted molar refractivity (Wildman–Crippen MR) is 215 cm³/mol. The lowest BCUT2D eigenvalue weighted by atomic mass is 10.0. The highest BCUT2D eigenvalue weighted by Gasteiger charge is 2.22. The molecule has 0 bridgehead atoms. The van der Waals surface area contributed by atoms with Crippen LogP contribution in [0.5, 0.6) is 0 Å². The largest absolute Gasteiger partial charge is 0.309 e. The molecular formula is C48H31N3. The van der Waals surface area contributed by atoms with Gasteiger partial charge in [0.1, 0.15) is 0 Å². The molecule has 3 aromatic heterocycles. The highest BCUT2D eigenvalue weighted by atomic mass is 15.0. The molecule has 0 saturated carbocycles. The second-order valence-electron chi connectivity index (χ2n) is 13.4. The summed E-state index contributed by atoms with van der Waals surface area (Å²) in [4.78, 5) is 0. The molecule has 0 saturated heterocycles. The van der Waals surface area contributed by atoms with Gasteiger partial charge in [-0.05, 0) is 77.9 Å². The minimum atomic E-state index is 1.14. The molecule has 0 fully saturated rings. The lowest BCUT2D eigenvalue weighted by molar-refractivity contribution is 1.15. The van der Waals surface area contributed by atoms with E-state index in [1.807, 2.05) is 0 Å². The van der Waals surface area contributed by atoms with Gasteiger partial charge in [0.15, 0.2) is 0 Å². The minimum absolute atomic E-state index is 1.14. The zero-order valence-corrected chi connectivity index (χ0v) is 27.7. The van der Waals surface area contributed by atoms with E-state index in [9.17, 15) is 0 Å². The molecule has 0 unspecified atom stereocenters. The van der Waals surface area contributed by atoms with Gasteiger partial charge in [-0.3, -0.25) is 0 Å². The normalized spacial score (nSPS) is 11.9. The Hall–Kier alpha value is -6.84. The summed E-state index contributed by atoms with van der Waals surface area (Å²) in [5, 5.41) is 7.57. The van der Waals surface area contributed by atoms with Crippen molar-refractivity contribution in [2.45, 2.75) is 0 Å². The fourth-order valence-electron chi connectivity index (χ4n) is 8.48. The van der Waals surface area contributed by atoms with Gasteiger partial charge in [-0.25, -0.2) is 0 Å². The summed E-state index contributed by atoms with van der Waals surface area (Å²) in [6.45, 7) is 0.